The van der Waals surface area contributed by atoms with Crippen LogP contribution in [0.3, 0.4) is 0 Å². The summed E-state index contributed by atoms with van der Waals surface area (Å²) in [4.78, 5) is 0. The summed E-state index contributed by atoms with van der Waals surface area (Å²) < 4.78 is 6.90. The van der Waals surface area contributed by atoms with E-state index in [9.17, 15) is 0 Å². The zero-order chi connectivity index (χ0) is 10.5. The molecule has 0 amide bonds. The van der Waals surface area contributed by atoms with Crippen LogP contribution in [0.5, 0.6) is 0 Å². The Morgan fingerprint density at radius 1 is 1.53 bits per heavy atom. The molecule has 0 aliphatic carbocycles. The Kier molecular flexibility index (Phi) is 3.14. The number of aromatic nitrogens is 3. The first-order valence-electron chi connectivity index (χ1n) is 4.91. The number of rotatable bonds is 5. The Hall–Kier alpha value is -1.62. The van der Waals surface area contributed by atoms with Gasteiger partial charge in [-0.25, -0.2) is 0 Å². The molecule has 5 nitrogen and oxygen atoms in total. The van der Waals surface area contributed by atoms with E-state index in [1.54, 1.807) is 18.9 Å². The fraction of sp³-hybridized carbons (Fsp3) is 0.400. The first kappa shape index (κ1) is 9.92. The van der Waals surface area contributed by atoms with Gasteiger partial charge in [0, 0.05) is 32.1 Å². The van der Waals surface area contributed by atoms with Crippen LogP contribution in [0.2, 0.25) is 0 Å². The number of hydrogen-bond acceptors (Lipinski definition) is 4. The quantitative estimate of drug-likeness (QED) is 0.733. The van der Waals surface area contributed by atoms with Crippen molar-refractivity contribution >= 4 is 0 Å². The van der Waals surface area contributed by atoms with Crippen LogP contribution >= 0.6 is 0 Å². The minimum atomic E-state index is 0.828. The van der Waals surface area contributed by atoms with Gasteiger partial charge >= 0.3 is 0 Å². The largest absolute Gasteiger partial charge is 0.472 e. The third-order valence-electron chi connectivity index (χ3n) is 2.24. The van der Waals surface area contributed by atoms with Gasteiger partial charge in [-0.15, -0.1) is 10.2 Å². The van der Waals surface area contributed by atoms with E-state index in [1.165, 1.54) is 0 Å². The Balaban J connectivity index is 1.70. The Morgan fingerprint density at radius 2 is 2.47 bits per heavy atom. The molecule has 0 fully saturated rings. The highest BCUT2D eigenvalue weighted by atomic mass is 16.3. The molecule has 0 bridgehead atoms. The minimum absolute atomic E-state index is 0.828. The van der Waals surface area contributed by atoms with E-state index in [1.807, 2.05) is 17.7 Å². The Morgan fingerprint density at radius 3 is 3.13 bits per heavy atom. The zero-order valence-corrected chi connectivity index (χ0v) is 8.68. The smallest absolute Gasteiger partial charge is 0.133 e. The number of nitrogens with one attached hydrogen (secondary N) is 1. The maximum absolute atomic E-state index is 4.97. The third kappa shape index (κ3) is 2.66. The van der Waals surface area contributed by atoms with E-state index < -0.39 is 0 Å². The maximum atomic E-state index is 4.97. The van der Waals surface area contributed by atoms with Gasteiger partial charge in [0.05, 0.1) is 12.5 Å². The van der Waals surface area contributed by atoms with Crippen LogP contribution in [0, 0.1) is 0 Å². The molecule has 0 aromatic carbocycles. The van der Waals surface area contributed by atoms with Gasteiger partial charge in [-0.3, -0.25) is 0 Å². The number of aryl methyl sites for hydroxylation is 1. The Bertz CT molecular complexity index is 393. The monoisotopic (exact) mass is 206 g/mol. The summed E-state index contributed by atoms with van der Waals surface area (Å²) in [5.41, 5.74) is 1.16. The van der Waals surface area contributed by atoms with Crippen molar-refractivity contribution in [2.45, 2.75) is 13.0 Å². The molecule has 0 spiro atoms. The lowest BCUT2D eigenvalue weighted by Gasteiger charge is -2.02. The molecule has 0 radical (unpaired) electrons. The van der Waals surface area contributed by atoms with Crippen molar-refractivity contribution in [3.63, 3.8) is 0 Å². The van der Waals surface area contributed by atoms with Crippen LogP contribution in [-0.2, 0) is 20.0 Å². The molecule has 0 aliphatic heterocycles. The van der Waals surface area contributed by atoms with Crippen molar-refractivity contribution < 1.29 is 4.42 Å². The second-order valence-electron chi connectivity index (χ2n) is 3.42. The number of nitrogens with zero attached hydrogens (tertiary/aromatic N) is 3. The summed E-state index contributed by atoms with van der Waals surface area (Å²) in [7, 11) is 1.95. The molecule has 0 unspecified atom stereocenters. The van der Waals surface area contributed by atoms with Crippen molar-refractivity contribution in [1.82, 2.24) is 20.1 Å². The number of furan rings is 1. The van der Waals surface area contributed by atoms with Gasteiger partial charge in [0.15, 0.2) is 0 Å². The third-order valence-corrected chi connectivity index (χ3v) is 2.24. The minimum Gasteiger partial charge on any atom is -0.472 e. The van der Waals surface area contributed by atoms with Crippen molar-refractivity contribution in [2.75, 3.05) is 6.54 Å². The molecule has 2 rings (SSSR count). The van der Waals surface area contributed by atoms with E-state index in [0.717, 1.165) is 30.9 Å². The lowest BCUT2D eigenvalue weighted by molar-refractivity contribution is 0.560. The summed E-state index contributed by atoms with van der Waals surface area (Å²) in [6, 6.07) is 1.95. The summed E-state index contributed by atoms with van der Waals surface area (Å²) in [6.07, 6.45) is 6.02. The van der Waals surface area contributed by atoms with Gasteiger partial charge in [-0.1, -0.05) is 0 Å². The van der Waals surface area contributed by atoms with Crippen LogP contribution in [0.1, 0.15) is 11.4 Å². The van der Waals surface area contributed by atoms with Crippen molar-refractivity contribution in [3.05, 3.63) is 36.3 Å². The molecule has 0 atom stereocenters. The van der Waals surface area contributed by atoms with Crippen molar-refractivity contribution in [2.24, 2.45) is 7.05 Å². The van der Waals surface area contributed by atoms with Gasteiger partial charge in [0.25, 0.3) is 0 Å². The molecular formula is C10H14N4O. The van der Waals surface area contributed by atoms with E-state index >= 15 is 0 Å². The summed E-state index contributed by atoms with van der Waals surface area (Å²) in [6.45, 7) is 1.71. The van der Waals surface area contributed by atoms with E-state index in [0.29, 0.717) is 0 Å². The van der Waals surface area contributed by atoms with Crippen LogP contribution in [0.15, 0.2) is 29.3 Å². The fourth-order valence-electron chi connectivity index (χ4n) is 1.36. The predicted molar refractivity (Wildman–Crippen MR) is 55.1 cm³/mol. The molecule has 1 N–H and O–H groups in total. The highest BCUT2D eigenvalue weighted by Gasteiger charge is 1.99. The fourth-order valence-corrected chi connectivity index (χ4v) is 1.36. The average molecular weight is 206 g/mol. The first-order chi connectivity index (χ1) is 7.36. The summed E-state index contributed by atoms with van der Waals surface area (Å²) in [5, 5.41) is 11.1. The Labute approximate surface area is 88.1 Å². The van der Waals surface area contributed by atoms with Crippen LogP contribution in [0.4, 0.5) is 0 Å². The van der Waals surface area contributed by atoms with Gasteiger partial charge in [-0.2, -0.15) is 0 Å². The molecule has 0 saturated heterocycles. The second kappa shape index (κ2) is 4.75. The van der Waals surface area contributed by atoms with Gasteiger partial charge in [0.1, 0.15) is 12.2 Å². The lowest BCUT2D eigenvalue weighted by Crippen LogP contribution is -2.17. The molecule has 2 aromatic rings. The zero-order valence-electron chi connectivity index (χ0n) is 8.68. The predicted octanol–water partition coefficient (Wildman–Crippen LogP) is 0.740. The molecular weight excluding hydrogens is 192 g/mol. The molecule has 2 aromatic heterocycles. The molecule has 80 valence electrons. The van der Waals surface area contributed by atoms with Crippen LogP contribution in [-0.4, -0.2) is 21.3 Å². The van der Waals surface area contributed by atoms with E-state index in [4.69, 9.17) is 4.42 Å². The topological polar surface area (TPSA) is 55.9 Å². The lowest BCUT2D eigenvalue weighted by atomic mass is 10.3. The van der Waals surface area contributed by atoms with Gasteiger partial charge in [-0.05, 0) is 6.07 Å². The first-order valence-corrected chi connectivity index (χ1v) is 4.91. The van der Waals surface area contributed by atoms with Crippen LogP contribution < -0.4 is 5.32 Å². The molecule has 2 heterocycles. The highest BCUT2D eigenvalue weighted by molar-refractivity contribution is 5.04. The van der Waals surface area contributed by atoms with E-state index in [-0.39, 0.29) is 0 Å². The molecule has 5 heteroatoms. The second-order valence-corrected chi connectivity index (χ2v) is 3.42. The van der Waals surface area contributed by atoms with Crippen molar-refractivity contribution in [1.29, 1.82) is 0 Å². The van der Waals surface area contributed by atoms with Gasteiger partial charge in [0.2, 0.25) is 0 Å². The molecule has 0 aliphatic rings. The normalized spacial score (nSPS) is 10.7. The molecule has 15 heavy (non-hydrogen) atoms. The van der Waals surface area contributed by atoms with Gasteiger partial charge < -0.3 is 14.3 Å². The highest BCUT2D eigenvalue weighted by Crippen LogP contribution is 1.98. The standard InChI is InChI=1S/C10H14N4O/c1-14-8-12-13-10(14)2-4-11-6-9-3-5-15-7-9/h3,5,7-8,11H,2,4,6H2,1H3. The molecule has 0 saturated carbocycles. The number of hydrogen-bond donors (Lipinski definition) is 1. The van der Waals surface area contributed by atoms with Crippen molar-refractivity contribution in [3.8, 4) is 0 Å². The maximum Gasteiger partial charge on any atom is 0.133 e. The SMILES string of the molecule is Cn1cnnc1CCNCc1ccoc1. The summed E-state index contributed by atoms with van der Waals surface area (Å²) >= 11 is 0. The van der Waals surface area contributed by atoms with Crippen LogP contribution in [0.25, 0.3) is 0 Å². The van der Waals surface area contributed by atoms with E-state index in [2.05, 4.69) is 15.5 Å². The summed E-state index contributed by atoms with van der Waals surface area (Å²) in [5.74, 6) is 0.995. The average Bonchev–Trinajstić information content (AvgIpc) is 2.85.